The van der Waals surface area contributed by atoms with Gasteiger partial charge in [-0.15, -0.1) is 0 Å². The Morgan fingerprint density at radius 2 is 1.71 bits per heavy atom. The normalized spacial score (nSPS) is 13.2. The van der Waals surface area contributed by atoms with Crippen LogP contribution in [0.1, 0.15) is 25.0 Å². The van der Waals surface area contributed by atoms with E-state index in [4.69, 9.17) is 5.84 Å². The molecule has 0 aromatic heterocycles. The summed E-state index contributed by atoms with van der Waals surface area (Å²) in [6.07, 6.45) is 0.510. The van der Waals surface area contributed by atoms with Crippen LogP contribution in [0.15, 0.2) is 48.5 Å². The van der Waals surface area contributed by atoms with Gasteiger partial charge in [-0.05, 0) is 29.7 Å². The van der Waals surface area contributed by atoms with Crippen molar-refractivity contribution in [3.63, 3.8) is 0 Å². The van der Waals surface area contributed by atoms with E-state index >= 15 is 0 Å². The molecule has 0 amide bonds. The molecule has 0 saturated heterocycles. The highest BCUT2D eigenvalue weighted by Crippen LogP contribution is 2.29. The Kier molecular flexibility index (Phi) is 4.70. The topological polar surface area (TPSA) is 38.0 Å². The van der Waals surface area contributed by atoms with Gasteiger partial charge in [0.25, 0.3) is 0 Å². The Labute approximate surface area is 124 Å². The number of rotatable bonds is 5. The molecule has 2 rings (SSSR count). The van der Waals surface area contributed by atoms with Crippen molar-refractivity contribution in [1.29, 1.82) is 0 Å². The summed E-state index contributed by atoms with van der Waals surface area (Å²) in [5.41, 5.74) is 4.40. The van der Waals surface area contributed by atoms with Crippen molar-refractivity contribution < 1.29 is 8.78 Å². The molecular weight excluding hydrogens is 270 g/mol. The first-order valence-corrected chi connectivity index (χ1v) is 6.90. The lowest BCUT2D eigenvalue weighted by molar-refractivity contribution is 0.341. The predicted octanol–water partition coefficient (Wildman–Crippen LogP) is 3.32. The van der Waals surface area contributed by atoms with Gasteiger partial charge in [-0.3, -0.25) is 11.3 Å². The van der Waals surface area contributed by atoms with E-state index in [1.54, 1.807) is 6.07 Å². The third-order valence-corrected chi connectivity index (χ3v) is 4.01. The number of hydrogen-bond donors (Lipinski definition) is 2. The van der Waals surface area contributed by atoms with Crippen LogP contribution < -0.4 is 11.3 Å². The molecule has 4 heteroatoms. The van der Waals surface area contributed by atoms with E-state index in [0.717, 1.165) is 11.6 Å². The minimum absolute atomic E-state index is 0.107. The molecular formula is C17H20F2N2. The lowest BCUT2D eigenvalue weighted by Gasteiger charge is -2.34. The summed E-state index contributed by atoms with van der Waals surface area (Å²) >= 11 is 0. The lowest BCUT2D eigenvalue weighted by Crippen LogP contribution is -2.49. The minimum atomic E-state index is -0.835. The Hall–Kier alpha value is -1.78. The van der Waals surface area contributed by atoms with E-state index < -0.39 is 11.6 Å². The van der Waals surface area contributed by atoms with Crippen LogP contribution in [0.5, 0.6) is 0 Å². The Bertz CT molecular complexity index is 597. The molecule has 0 aliphatic carbocycles. The number of nitrogens with two attached hydrogens (primary N) is 1. The van der Waals surface area contributed by atoms with Gasteiger partial charge >= 0.3 is 0 Å². The second kappa shape index (κ2) is 6.33. The van der Waals surface area contributed by atoms with Gasteiger partial charge in [0, 0.05) is 11.5 Å². The van der Waals surface area contributed by atoms with E-state index in [0.29, 0.717) is 12.0 Å². The second-order valence-electron chi connectivity index (χ2n) is 5.76. The number of hydrazine groups is 1. The van der Waals surface area contributed by atoms with Crippen molar-refractivity contribution in [2.24, 2.45) is 5.84 Å². The van der Waals surface area contributed by atoms with Crippen LogP contribution in [0.2, 0.25) is 0 Å². The smallest absolute Gasteiger partial charge is 0.159 e. The maximum Gasteiger partial charge on any atom is 0.159 e. The summed E-state index contributed by atoms with van der Waals surface area (Å²) < 4.78 is 26.3. The van der Waals surface area contributed by atoms with Crippen LogP contribution in [0.25, 0.3) is 0 Å². The third-order valence-electron chi connectivity index (χ3n) is 4.01. The van der Waals surface area contributed by atoms with Gasteiger partial charge in [0.15, 0.2) is 11.6 Å². The third kappa shape index (κ3) is 3.46. The van der Waals surface area contributed by atoms with Crippen LogP contribution in [0.3, 0.4) is 0 Å². The molecule has 0 spiro atoms. The molecule has 2 aromatic rings. The largest absolute Gasteiger partial charge is 0.271 e. The monoisotopic (exact) mass is 290 g/mol. The fourth-order valence-electron chi connectivity index (χ4n) is 2.49. The maximum absolute atomic E-state index is 13.3. The molecule has 1 unspecified atom stereocenters. The van der Waals surface area contributed by atoms with Crippen LogP contribution >= 0.6 is 0 Å². The average Bonchev–Trinajstić information content (AvgIpc) is 2.49. The first kappa shape index (κ1) is 15.6. The van der Waals surface area contributed by atoms with E-state index in [-0.39, 0.29) is 11.5 Å². The minimum Gasteiger partial charge on any atom is -0.271 e. The zero-order valence-corrected chi connectivity index (χ0v) is 12.2. The molecule has 2 nitrogen and oxygen atoms in total. The van der Waals surface area contributed by atoms with Crippen molar-refractivity contribution in [3.05, 3.63) is 71.3 Å². The summed E-state index contributed by atoms with van der Waals surface area (Å²) in [4.78, 5) is 0. The van der Waals surface area contributed by atoms with Crippen molar-refractivity contribution in [1.82, 2.24) is 5.43 Å². The average molecular weight is 290 g/mol. The molecule has 0 radical (unpaired) electrons. The van der Waals surface area contributed by atoms with Crippen LogP contribution in [0, 0.1) is 11.6 Å². The van der Waals surface area contributed by atoms with Gasteiger partial charge in [-0.1, -0.05) is 50.2 Å². The summed E-state index contributed by atoms with van der Waals surface area (Å²) in [5.74, 6) is 4.03. The number of hydrogen-bond acceptors (Lipinski definition) is 2. The van der Waals surface area contributed by atoms with Gasteiger partial charge in [0.2, 0.25) is 0 Å². The highest BCUT2D eigenvalue weighted by atomic mass is 19.2. The Morgan fingerprint density at radius 1 is 1.05 bits per heavy atom. The number of benzene rings is 2. The molecule has 0 aliphatic heterocycles. The molecule has 0 aliphatic rings. The van der Waals surface area contributed by atoms with Crippen molar-refractivity contribution >= 4 is 0 Å². The van der Waals surface area contributed by atoms with E-state index in [9.17, 15) is 8.78 Å². The first-order valence-electron chi connectivity index (χ1n) is 6.90. The summed E-state index contributed by atoms with van der Waals surface area (Å²) in [6.45, 7) is 4.15. The zero-order valence-electron chi connectivity index (χ0n) is 12.2. The predicted molar refractivity (Wildman–Crippen MR) is 80.6 cm³/mol. The molecule has 0 heterocycles. The molecule has 0 bridgehead atoms. The number of nitrogens with one attached hydrogen (secondary N) is 1. The molecule has 112 valence electrons. The SMILES string of the molecule is CC(C)(c1ccccc1)C(Cc1ccc(F)c(F)c1)NN. The number of halogens is 2. The molecule has 0 saturated carbocycles. The molecule has 0 fully saturated rings. The van der Waals surface area contributed by atoms with E-state index in [1.165, 1.54) is 6.07 Å². The van der Waals surface area contributed by atoms with Gasteiger partial charge in [-0.25, -0.2) is 8.78 Å². The summed E-state index contributed by atoms with van der Waals surface area (Å²) in [7, 11) is 0. The Morgan fingerprint density at radius 3 is 2.29 bits per heavy atom. The van der Waals surface area contributed by atoms with Crippen molar-refractivity contribution in [2.75, 3.05) is 0 Å². The molecule has 3 N–H and O–H groups in total. The quantitative estimate of drug-likeness (QED) is 0.655. The van der Waals surface area contributed by atoms with Gasteiger partial charge in [0.1, 0.15) is 0 Å². The molecule has 1 atom stereocenters. The van der Waals surface area contributed by atoms with Gasteiger partial charge in [-0.2, -0.15) is 0 Å². The standard InChI is InChI=1S/C17H20F2N2/c1-17(2,13-6-4-3-5-7-13)16(21-20)11-12-8-9-14(18)15(19)10-12/h3-10,16,21H,11,20H2,1-2H3. The second-order valence-corrected chi connectivity index (χ2v) is 5.76. The Balaban J connectivity index is 2.25. The lowest BCUT2D eigenvalue weighted by atomic mass is 9.75. The molecule has 21 heavy (non-hydrogen) atoms. The van der Waals surface area contributed by atoms with E-state index in [2.05, 4.69) is 19.3 Å². The van der Waals surface area contributed by atoms with Crippen LogP contribution in [-0.4, -0.2) is 6.04 Å². The van der Waals surface area contributed by atoms with Crippen molar-refractivity contribution in [2.45, 2.75) is 31.7 Å². The maximum atomic E-state index is 13.3. The first-order chi connectivity index (χ1) is 9.95. The van der Waals surface area contributed by atoms with Gasteiger partial charge in [0.05, 0.1) is 0 Å². The highest BCUT2D eigenvalue weighted by Gasteiger charge is 2.30. The van der Waals surface area contributed by atoms with Gasteiger partial charge < -0.3 is 0 Å². The van der Waals surface area contributed by atoms with E-state index in [1.807, 2.05) is 30.3 Å². The van der Waals surface area contributed by atoms with Crippen molar-refractivity contribution in [3.8, 4) is 0 Å². The summed E-state index contributed by atoms with van der Waals surface area (Å²) in [6, 6.07) is 13.8. The fraction of sp³-hybridized carbons (Fsp3) is 0.294. The fourth-order valence-corrected chi connectivity index (χ4v) is 2.49. The molecule has 2 aromatic carbocycles. The van der Waals surface area contributed by atoms with Crippen LogP contribution in [-0.2, 0) is 11.8 Å². The summed E-state index contributed by atoms with van der Waals surface area (Å²) in [5, 5.41) is 0. The zero-order chi connectivity index (χ0) is 15.5. The van der Waals surface area contributed by atoms with Crippen LogP contribution in [0.4, 0.5) is 8.78 Å². The highest BCUT2D eigenvalue weighted by molar-refractivity contribution is 5.28.